The number of ether oxygens (including phenoxy) is 3. The van der Waals surface area contributed by atoms with E-state index in [0.717, 1.165) is 14.2 Å². The number of methoxy groups -OCH3 is 3. The molecule has 198 valence electrons. The van der Waals surface area contributed by atoms with Gasteiger partial charge in [0.05, 0.1) is 21.3 Å². The predicted molar refractivity (Wildman–Crippen MR) is 140 cm³/mol. The number of nitrogens with one attached hydrogen (secondary N) is 1. The van der Waals surface area contributed by atoms with Gasteiger partial charge in [0.15, 0.2) is 5.92 Å². The predicted octanol–water partition coefficient (Wildman–Crippen LogP) is 3.28. The highest BCUT2D eigenvalue weighted by Gasteiger charge is 2.48. The molecule has 0 spiro atoms. The van der Waals surface area contributed by atoms with Crippen LogP contribution in [-0.2, 0) is 38.8 Å². The first-order valence-electron chi connectivity index (χ1n) is 12.0. The molecule has 0 saturated carbocycles. The third kappa shape index (κ3) is 5.44. The first-order valence-corrected chi connectivity index (χ1v) is 12.0. The molecular formula is C30H31NO7. The summed E-state index contributed by atoms with van der Waals surface area (Å²) in [5.74, 6) is -5.70. The number of hydrogen-bond acceptors (Lipinski definition) is 7. The Morgan fingerprint density at radius 2 is 0.947 bits per heavy atom. The van der Waals surface area contributed by atoms with E-state index < -0.39 is 47.1 Å². The summed E-state index contributed by atoms with van der Waals surface area (Å²) in [5, 5.41) is 2.81. The first-order chi connectivity index (χ1) is 18.3. The molecule has 0 aliphatic heterocycles. The fourth-order valence-corrected chi connectivity index (χ4v) is 4.71. The number of carbonyl (C=O) groups is 4. The van der Waals surface area contributed by atoms with Gasteiger partial charge in [-0.05, 0) is 16.7 Å². The van der Waals surface area contributed by atoms with Crippen molar-refractivity contribution in [1.29, 1.82) is 0 Å². The zero-order chi connectivity index (χ0) is 27.7. The molecule has 0 unspecified atom stereocenters. The lowest BCUT2D eigenvalue weighted by molar-refractivity contribution is -0.163. The molecule has 3 aromatic rings. The molecule has 0 fully saturated rings. The summed E-state index contributed by atoms with van der Waals surface area (Å²) in [6.45, 7) is 1.48. The molecule has 8 heteroatoms. The lowest BCUT2D eigenvalue weighted by Crippen LogP contribution is -2.56. The Balaban J connectivity index is 2.22. The Morgan fingerprint density at radius 1 is 0.605 bits per heavy atom. The first kappa shape index (κ1) is 28.1. The molecular weight excluding hydrogens is 486 g/mol. The number of hydrogen-bond donors (Lipinski definition) is 1. The van der Waals surface area contributed by atoms with Crippen molar-refractivity contribution in [3.63, 3.8) is 0 Å². The summed E-state index contributed by atoms with van der Waals surface area (Å²) < 4.78 is 14.6. The van der Waals surface area contributed by atoms with Crippen LogP contribution in [0.4, 0.5) is 0 Å². The van der Waals surface area contributed by atoms with E-state index in [1.165, 1.54) is 14.0 Å². The molecule has 0 bridgehead atoms. The second kappa shape index (κ2) is 12.7. The van der Waals surface area contributed by atoms with Crippen LogP contribution in [0.15, 0.2) is 91.0 Å². The summed E-state index contributed by atoms with van der Waals surface area (Å²) in [4.78, 5) is 52.6. The van der Waals surface area contributed by atoms with Gasteiger partial charge in [-0.3, -0.25) is 14.4 Å². The van der Waals surface area contributed by atoms with Crippen molar-refractivity contribution in [3.05, 3.63) is 108 Å². The zero-order valence-electron chi connectivity index (χ0n) is 21.8. The normalized spacial score (nSPS) is 12.7. The fourth-order valence-electron chi connectivity index (χ4n) is 4.71. The molecule has 1 amide bonds. The van der Waals surface area contributed by atoms with Crippen molar-refractivity contribution in [2.75, 3.05) is 21.3 Å². The van der Waals surface area contributed by atoms with Crippen LogP contribution in [-0.4, -0.2) is 51.2 Å². The van der Waals surface area contributed by atoms with Gasteiger partial charge in [-0.15, -0.1) is 0 Å². The van der Waals surface area contributed by atoms with E-state index in [9.17, 15) is 19.2 Å². The SMILES string of the molecule is COC(=O)C(C(=O)OC)[C@@H](C)[C@H](NC(=O)C(c1ccccc1)(c1ccccc1)c1ccccc1)C(=O)OC. The van der Waals surface area contributed by atoms with Crippen LogP contribution in [0.2, 0.25) is 0 Å². The summed E-state index contributed by atoms with van der Waals surface area (Å²) in [6, 6.07) is 26.1. The fraction of sp³-hybridized carbons (Fsp3) is 0.267. The highest BCUT2D eigenvalue weighted by atomic mass is 16.5. The van der Waals surface area contributed by atoms with E-state index in [1.807, 2.05) is 91.0 Å². The number of amides is 1. The van der Waals surface area contributed by atoms with Crippen LogP contribution in [0.25, 0.3) is 0 Å². The Labute approximate surface area is 221 Å². The Morgan fingerprint density at radius 3 is 1.26 bits per heavy atom. The van der Waals surface area contributed by atoms with Gasteiger partial charge in [-0.1, -0.05) is 97.9 Å². The van der Waals surface area contributed by atoms with Gasteiger partial charge >= 0.3 is 17.9 Å². The van der Waals surface area contributed by atoms with Crippen molar-refractivity contribution < 1.29 is 33.4 Å². The second-order valence-corrected chi connectivity index (χ2v) is 8.71. The molecule has 0 aliphatic carbocycles. The highest BCUT2D eigenvalue weighted by molar-refractivity contribution is 6.00. The summed E-state index contributed by atoms with van der Waals surface area (Å²) in [5.41, 5.74) is 0.581. The van der Waals surface area contributed by atoms with E-state index in [0.29, 0.717) is 16.7 Å². The average Bonchev–Trinajstić information content (AvgIpc) is 2.97. The lowest BCUT2D eigenvalue weighted by atomic mass is 9.68. The Bertz CT molecular complexity index is 1130. The summed E-state index contributed by atoms with van der Waals surface area (Å²) >= 11 is 0. The molecule has 0 heterocycles. The number of esters is 3. The zero-order valence-corrected chi connectivity index (χ0v) is 21.8. The molecule has 8 nitrogen and oxygen atoms in total. The molecule has 3 aromatic carbocycles. The van der Waals surface area contributed by atoms with Gasteiger partial charge in [-0.25, -0.2) is 4.79 Å². The van der Waals surface area contributed by atoms with E-state index in [4.69, 9.17) is 14.2 Å². The van der Waals surface area contributed by atoms with E-state index in [2.05, 4.69) is 5.32 Å². The van der Waals surface area contributed by atoms with Crippen LogP contribution >= 0.6 is 0 Å². The van der Waals surface area contributed by atoms with Gasteiger partial charge in [0.1, 0.15) is 11.5 Å². The van der Waals surface area contributed by atoms with Crippen molar-refractivity contribution in [1.82, 2.24) is 5.32 Å². The van der Waals surface area contributed by atoms with Gasteiger partial charge in [0.25, 0.3) is 0 Å². The molecule has 0 saturated heterocycles. The third-order valence-electron chi connectivity index (χ3n) is 6.66. The van der Waals surface area contributed by atoms with E-state index in [1.54, 1.807) is 0 Å². The largest absolute Gasteiger partial charge is 0.468 e. The monoisotopic (exact) mass is 517 g/mol. The van der Waals surface area contributed by atoms with Crippen LogP contribution in [0.1, 0.15) is 23.6 Å². The highest BCUT2D eigenvalue weighted by Crippen LogP contribution is 2.40. The smallest absolute Gasteiger partial charge is 0.328 e. The van der Waals surface area contributed by atoms with Gasteiger partial charge in [-0.2, -0.15) is 0 Å². The quantitative estimate of drug-likeness (QED) is 0.190. The maximum Gasteiger partial charge on any atom is 0.328 e. The van der Waals surface area contributed by atoms with Crippen molar-refractivity contribution in [3.8, 4) is 0 Å². The van der Waals surface area contributed by atoms with Gasteiger partial charge < -0.3 is 19.5 Å². The number of benzene rings is 3. The molecule has 0 radical (unpaired) electrons. The van der Waals surface area contributed by atoms with Crippen LogP contribution in [0.3, 0.4) is 0 Å². The Kier molecular flexibility index (Phi) is 9.38. The molecule has 38 heavy (non-hydrogen) atoms. The molecule has 0 aliphatic rings. The lowest BCUT2D eigenvalue weighted by Gasteiger charge is -2.37. The summed E-state index contributed by atoms with van der Waals surface area (Å²) in [7, 11) is 3.42. The molecule has 1 N–H and O–H groups in total. The maximum atomic E-state index is 14.6. The van der Waals surface area contributed by atoms with Crippen molar-refractivity contribution in [2.45, 2.75) is 18.4 Å². The molecule has 3 rings (SSSR count). The van der Waals surface area contributed by atoms with Gasteiger partial charge in [0, 0.05) is 5.92 Å². The molecule has 2 atom stereocenters. The molecule has 0 aromatic heterocycles. The average molecular weight is 518 g/mol. The number of rotatable bonds is 10. The standard InChI is InChI=1S/C30H31NO7/c1-20(24(26(32)36-2)27(33)37-3)25(28(34)38-4)31-29(35)30(21-14-8-5-9-15-21,22-16-10-6-11-17-22)23-18-12-7-13-19-23/h5-20,24-25H,1-4H3,(H,31,35)/t20-,25+/m1/s1. The van der Waals surface area contributed by atoms with Gasteiger partial charge in [0.2, 0.25) is 5.91 Å². The minimum atomic E-state index is -1.48. The van der Waals surface area contributed by atoms with Crippen LogP contribution in [0.5, 0.6) is 0 Å². The topological polar surface area (TPSA) is 108 Å². The van der Waals surface area contributed by atoms with Crippen LogP contribution < -0.4 is 5.32 Å². The Hall–Kier alpha value is -4.46. The minimum absolute atomic E-state index is 0.545. The minimum Gasteiger partial charge on any atom is -0.468 e. The maximum absolute atomic E-state index is 14.6. The van der Waals surface area contributed by atoms with Crippen molar-refractivity contribution in [2.24, 2.45) is 11.8 Å². The summed E-state index contributed by atoms with van der Waals surface area (Å²) in [6.07, 6.45) is 0. The third-order valence-corrected chi connectivity index (χ3v) is 6.66. The number of carbonyl (C=O) groups excluding carboxylic acids is 4. The van der Waals surface area contributed by atoms with Crippen molar-refractivity contribution >= 4 is 23.8 Å². The van der Waals surface area contributed by atoms with E-state index >= 15 is 0 Å². The van der Waals surface area contributed by atoms with Crippen LogP contribution in [0, 0.1) is 11.8 Å². The second-order valence-electron chi connectivity index (χ2n) is 8.71. The van der Waals surface area contributed by atoms with E-state index in [-0.39, 0.29) is 0 Å².